The minimum Gasteiger partial charge on any atom is -0.371 e. The smallest absolute Gasteiger partial charge is 0.0710 e. The molecule has 0 bridgehead atoms. The minimum atomic E-state index is 0.689. The van der Waals surface area contributed by atoms with E-state index in [9.17, 15) is 0 Å². The van der Waals surface area contributed by atoms with Crippen LogP contribution >= 0.6 is 0 Å². The van der Waals surface area contributed by atoms with Gasteiger partial charge in [-0.25, -0.2) is 0 Å². The second kappa shape index (κ2) is 7.49. The highest BCUT2D eigenvalue weighted by Crippen LogP contribution is 2.23. The molecule has 2 aromatic heterocycles. The van der Waals surface area contributed by atoms with Gasteiger partial charge in [0.2, 0.25) is 0 Å². The second-order valence-corrected chi connectivity index (χ2v) is 6.58. The van der Waals surface area contributed by atoms with E-state index in [1.165, 1.54) is 17.7 Å². The van der Waals surface area contributed by atoms with Crippen LogP contribution in [0.2, 0.25) is 0 Å². The molecule has 3 heterocycles. The molecule has 1 fully saturated rings. The van der Waals surface area contributed by atoms with Crippen LogP contribution in [0.25, 0.3) is 11.3 Å². The number of aromatic nitrogens is 3. The van der Waals surface area contributed by atoms with E-state index in [4.69, 9.17) is 0 Å². The molecule has 0 spiro atoms. The molecule has 1 aliphatic rings. The van der Waals surface area contributed by atoms with Gasteiger partial charge in [-0.3, -0.25) is 10.1 Å². The predicted octanol–water partition coefficient (Wildman–Crippen LogP) is 3.09. The summed E-state index contributed by atoms with van der Waals surface area (Å²) in [6.07, 6.45) is 6.80. The van der Waals surface area contributed by atoms with Gasteiger partial charge in [0.15, 0.2) is 0 Å². The topological polar surface area (TPSA) is 56.8 Å². The van der Waals surface area contributed by atoms with Crippen molar-refractivity contribution in [3.8, 4) is 11.3 Å². The van der Waals surface area contributed by atoms with Gasteiger partial charge in [-0.05, 0) is 36.6 Å². The lowest BCUT2D eigenvalue weighted by atomic mass is 10.1. The van der Waals surface area contributed by atoms with E-state index in [0.29, 0.717) is 5.92 Å². The molecule has 0 unspecified atom stereocenters. The van der Waals surface area contributed by atoms with Crippen molar-refractivity contribution in [1.82, 2.24) is 20.5 Å². The highest BCUT2D eigenvalue weighted by molar-refractivity contribution is 5.61. The standard InChI is InChI=1S/C20H23N5/c1-2-6-19(7-3-1)25-10-8-16(15-25)11-22-13-18-14-23-24-20(18)17-5-4-9-21-12-17/h1-7,9,12,14,16,22H,8,10-11,13,15H2,(H,23,24)/t16-/m0/s1. The summed E-state index contributed by atoms with van der Waals surface area (Å²) in [4.78, 5) is 6.67. The van der Waals surface area contributed by atoms with Gasteiger partial charge in [-0.1, -0.05) is 18.2 Å². The fourth-order valence-electron chi connectivity index (χ4n) is 3.49. The van der Waals surface area contributed by atoms with Crippen LogP contribution in [-0.4, -0.2) is 34.8 Å². The summed E-state index contributed by atoms with van der Waals surface area (Å²) in [5.41, 5.74) is 4.65. The molecule has 0 aliphatic carbocycles. The van der Waals surface area contributed by atoms with E-state index >= 15 is 0 Å². The molecule has 0 amide bonds. The zero-order valence-electron chi connectivity index (χ0n) is 14.2. The number of anilines is 1. The molecule has 25 heavy (non-hydrogen) atoms. The van der Waals surface area contributed by atoms with Crippen molar-refractivity contribution >= 4 is 5.69 Å². The number of pyridine rings is 1. The normalized spacial score (nSPS) is 17.1. The Balaban J connectivity index is 1.30. The van der Waals surface area contributed by atoms with Gasteiger partial charge in [-0.15, -0.1) is 0 Å². The third kappa shape index (κ3) is 3.72. The van der Waals surface area contributed by atoms with Crippen LogP contribution in [0, 0.1) is 5.92 Å². The summed E-state index contributed by atoms with van der Waals surface area (Å²) < 4.78 is 0. The molecule has 1 saturated heterocycles. The Morgan fingerprint density at radius 2 is 2.04 bits per heavy atom. The first-order chi connectivity index (χ1) is 12.4. The maximum Gasteiger partial charge on any atom is 0.0710 e. The summed E-state index contributed by atoms with van der Waals surface area (Å²) in [5.74, 6) is 0.689. The Morgan fingerprint density at radius 3 is 2.88 bits per heavy atom. The van der Waals surface area contributed by atoms with E-state index in [0.717, 1.165) is 37.4 Å². The highest BCUT2D eigenvalue weighted by Gasteiger charge is 2.22. The third-order valence-corrected chi connectivity index (χ3v) is 4.82. The lowest BCUT2D eigenvalue weighted by Gasteiger charge is -2.18. The fraction of sp³-hybridized carbons (Fsp3) is 0.300. The lowest BCUT2D eigenvalue weighted by molar-refractivity contribution is 0.517. The van der Waals surface area contributed by atoms with Crippen LogP contribution in [0.5, 0.6) is 0 Å². The van der Waals surface area contributed by atoms with Gasteiger partial charge < -0.3 is 10.2 Å². The Kier molecular flexibility index (Phi) is 4.74. The summed E-state index contributed by atoms with van der Waals surface area (Å²) >= 11 is 0. The monoisotopic (exact) mass is 333 g/mol. The van der Waals surface area contributed by atoms with Gasteiger partial charge in [0.05, 0.1) is 11.9 Å². The average Bonchev–Trinajstić information content (AvgIpc) is 3.33. The summed E-state index contributed by atoms with van der Waals surface area (Å²) in [6, 6.07) is 14.7. The van der Waals surface area contributed by atoms with Crippen molar-refractivity contribution < 1.29 is 0 Å². The number of nitrogens with zero attached hydrogens (tertiary/aromatic N) is 3. The molecular weight excluding hydrogens is 310 g/mol. The van der Waals surface area contributed by atoms with Crippen LogP contribution < -0.4 is 10.2 Å². The zero-order chi connectivity index (χ0) is 16.9. The van der Waals surface area contributed by atoms with Crippen LogP contribution in [0.1, 0.15) is 12.0 Å². The summed E-state index contributed by atoms with van der Waals surface area (Å²) in [7, 11) is 0. The maximum absolute atomic E-state index is 4.20. The van der Waals surface area contributed by atoms with Crippen molar-refractivity contribution in [2.45, 2.75) is 13.0 Å². The first kappa shape index (κ1) is 15.8. The predicted molar refractivity (Wildman–Crippen MR) is 100 cm³/mol. The van der Waals surface area contributed by atoms with Gasteiger partial charge >= 0.3 is 0 Å². The third-order valence-electron chi connectivity index (χ3n) is 4.82. The minimum absolute atomic E-state index is 0.689. The molecule has 5 heteroatoms. The van der Waals surface area contributed by atoms with Crippen molar-refractivity contribution in [3.63, 3.8) is 0 Å². The molecule has 0 radical (unpaired) electrons. The quantitative estimate of drug-likeness (QED) is 0.728. The number of rotatable bonds is 6. The Morgan fingerprint density at radius 1 is 1.12 bits per heavy atom. The molecule has 1 aromatic carbocycles. The molecule has 5 nitrogen and oxygen atoms in total. The number of H-pyrrole nitrogens is 1. The van der Waals surface area contributed by atoms with Crippen LogP contribution in [0.15, 0.2) is 61.1 Å². The molecule has 3 aromatic rings. The van der Waals surface area contributed by atoms with Crippen molar-refractivity contribution in [2.75, 3.05) is 24.5 Å². The highest BCUT2D eigenvalue weighted by atomic mass is 15.2. The SMILES string of the molecule is c1ccc(N2CC[C@@H](CNCc3cn[nH]c3-c3cccnc3)C2)cc1. The Labute approximate surface area is 148 Å². The molecule has 4 rings (SSSR count). The van der Waals surface area contributed by atoms with Crippen molar-refractivity contribution in [2.24, 2.45) is 5.92 Å². The maximum atomic E-state index is 4.20. The molecule has 1 atom stereocenters. The number of hydrogen-bond acceptors (Lipinski definition) is 4. The number of aromatic amines is 1. The Bertz CT molecular complexity index is 784. The van der Waals surface area contributed by atoms with Gasteiger partial charge in [0.25, 0.3) is 0 Å². The second-order valence-electron chi connectivity index (χ2n) is 6.58. The molecule has 0 saturated carbocycles. The lowest BCUT2D eigenvalue weighted by Crippen LogP contribution is -2.26. The van der Waals surface area contributed by atoms with Gasteiger partial charge in [0.1, 0.15) is 0 Å². The summed E-state index contributed by atoms with van der Waals surface area (Å²) in [6.45, 7) is 4.12. The van der Waals surface area contributed by atoms with E-state index in [1.54, 1.807) is 6.20 Å². The molecule has 2 N–H and O–H groups in total. The average molecular weight is 333 g/mol. The number of hydrogen-bond donors (Lipinski definition) is 2. The van der Waals surface area contributed by atoms with E-state index in [1.807, 2.05) is 18.5 Å². The fourth-order valence-corrected chi connectivity index (χ4v) is 3.49. The summed E-state index contributed by atoms with van der Waals surface area (Å²) in [5, 5.41) is 10.9. The zero-order valence-corrected chi connectivity index (χ0v) is 14.2. The number of nitrogens with one attached hydrogen (secondary N) is 2. The van der Waals surface area contributed by atoms with Gasteiger partial charge in [-0.2, -0.15) is 5.10 Å². The number of benzene rings is 1. The first-order valence-electron chi connectivity index (χ1n) is 8.83. The van der Waals surface area contributed by atoms with Crippen LogP contribution in [-0.2, 0) is 6.54 Å². The molecule has 1 aliphatic heterocycles. The van der Waals surface area contributed by atoms with E-state index in [-0.39, 0.29) is 0 Å². The molecule has 128 valence electrons. The van der Waals surface area contributed by atoms with E-state index < -0.39 is 0 Å². The number of para-hydroxylation sites is 1. The van der Waals surface area contributed by atoms with Gasteiger partial charge in [0, 0.05) is 55.4 Å². The Hall–Kier alpha value is -2.66. The van der Waals surface area contributed by atoms with Crippen molar-refractivity contribution in [3.05, 3.63) is 66.6 Å². The van der Waals surface area contributed by atoms with Crippen LogP contribution in [0.3, 0.4) is 0 Å². The van der Waals surface area contributed by atoms with Crippen molar-refractivity contribution in [1.29, 1.82) is 0 Å². The largest absolute Gasteiger partial charge is 0.371 e. The van der Waals surface area contributed by atoms with E-state index in [2.05, 4.69) is 61.8 Å². The first-order valence-corrected chi connectivity index (χ1v) is 8.83. The van der Waals surface area contributed by atoms with Crippen LogP contribution in [0.4, 0.5) is 5.69 Å². The molecular formula is C20H23N5.